The molecule has 1 fully saturated rings. The number of aliphatic hydroxyl groups excluding tert-OH is 2. The van der Waals surface area contributed by atoms with E-state index in [2.05, 4.69) is 15.0 Å². The number of hydrogen-bond donors (Lipinski definition) is 6. The number of nitrogen functional groups attached to an aromatic ring is 1. The highest BCUT2D eigenvalue weighted by atomic mass is 16.6. The molecule has 1 unspecified atom stereocenters. The third-order valence-electron chi connectivity index (χ3n) is 5.19. The summed E-state index contributed by atoms with van der Waals surface area (Å²) in [5.41, 5.74) is 17.8. The van der Waals surface area contributed by atoms with Gasteiger partial charge in [-0.1, -0.05) is 0 Å². The number of nitrogens with two attached hydrogens (primary N) is 3. The minimum Gasteiger partial charge on any atom is -0.480 e. The van der Waals surface area contributed by atoms with Crippen molar-refractivity contribution in [2.24, 2.45) is 11.5 Å². The van der Waals surface area contributed by atoms with Gasteiger partial charge in [0.1, 0.15) is 36.2 Å². The molecule has 166 valence electrons. The summed E-state index contributed by atoms with van der Waals surface area (Å²) in [5.74, 6) is -0.838. The van der Waals surface area contributed by atoms with Crippen LogP contribution in [0.5, 0.6) is 0 Å². The molecule has 0 aromatic carbocycles. The van der Waals surface area contributed by atoms with Crippen LogP contribution in [0.2, 0.25) is 0 Å². The molecule has 9 N–H and O–H groups in total. The maximum absolute atomic E-state index is 10.9. The molecule has 0 spiro atoms. The number of ether oxygens (including phenoxy) is 1. The quantitative estimate of drug-likeness (QED) is 0.233. The van der Waals surface area contributed by atoms with Gasteiger partial charge in [-0.3, -0.25) is 14.3 Å². The average Bonchev–Trinajstić information content (AvgIpc) is 3.25. The van der Waals surface area contributed by atoms with Crippen molar-refractivity contribution in [3.63, 3.8) is 0 Å². The van der Waals surface area contributed by atoms with E-state index in [-0.39, 0.29) is 5.82 Å². The first-order valence-corrected chi connectivity index (χ1v) is 9.69. The van der Waals surface area contributed by atoms with Crippen LogP contribution in [0.25, 0.3) is 11.2 Å². The van der Waals surface area contributed by atoms with Crippen LogP contribution in [0.4, 0.5) is 5.82 Å². The molecular formula is C17H28N8O5. The van der Waals surface area contributed by atoms with Crippen LogP contribution in [0, 0.1) is 0 Å². The predicted molar refractivity (Wildman–Crippen MR) is 106 cm³/mol. The van der Waals surface area contributed by atoms with Crippen molar-refractivity contribution < 1.29 is 24.9 Å². The second-order valence-corrected chi connectivity index (χ2v) is 7.31. The van der Waals surface area contributed by atoms with Gasteiger partial charge in [0.05, 0.1) is 6.33 Å². The Labute approximate surface area is 172 Å². The number of imidazole rings is 1. The average molecular weight is 424 g/mol. The number of carbonyl (C=O) groups is 1. The molecule has 0 saturated carbocycles. The summed E-state index contributed by atoms with van der Waals surface area (Å²) in [4.78, 5) is 25.0. The van der Waals surface area contributed by atoms with E-state index in [0.29, 0.717) is 50.2 Å². The van der Waals surface area contributed by atoms with Crippen molar-refractivity contribution in [3.05, 3.63) is 12.7 Å². The molecule has 1 aliphatic heterocycles. The smallest absolute Gasteiger partial charge is 0.320 e. The molecule has 1 saturated heterocycles. The number of carboxylic acid groups (broad SMARTS) is 1. The zero-order valence-electron chi connectivity index (χ0n) is 16.4. The van der Waals surface area contributed by atoms with Gasteiger partial charge in [0.2, 0.25) is 0 Å². The summed E-state index contributed by atoms with van der Waals surface area (Å²) in [6.07, 6.45) is -0.357. The van der Waals surface area contributed by atoms with E-state index >= 15 is 0 Å². The molecule has 13 heteroatoms. The first-order valence-electron chi connectivity index (χ1n) is 9.69. The van der Waals surface area contributed by atoms with Crippen molar-refractivity contribution >= 4 is 23.0 Å². The van der Waals surface area contributed by atoms with Gasteiger partial charge in [0, 0.05) is 19.6 Å². The summed E-state index contributed by atoms with van der Waals surface area (Å²) in [5, 5.41) is 30.0. The van der Waals surface area contributed by atoms with E-state index in [4.69, 9.17) is 27.0 Å². The van der Waals surface area contributed by atoms with Crippen molar-refractivity contribution in [1.82, 2.24) is 24.4 Å². The minimum atomic E-state index is -1.20. The maximum Gasteiger partial charge on any atom is 0.320 e. The summed E-state index contributed by atoms with van der Waals surface area (Å²) in [6.45, 7) is 1.73. The van der Waals surface area contributed by atoms with E-state index in [1.54, 1.807) is 0 Å². The Balaban J connectivity index is 1.67. The fourth-order valence-electron chi connectivity index (χ4n) is 3.56. The van der Waals surface area contributed by atoms with Crippen LogP contribution in [0.1, 0.15) is 19.1 Å². The highest BCUT2D eigenvalue weighted by Crippen LogP contribution is 2.32. The molecule has 1 aliphatic rings. The Morgan fingerprint density at radius 3 is 2.73 bits per heavy atom. The molecule has 3 rings (SSSR count). The van der Waals surface area contributed by atoms with Crippen LogP contribution in [-0.4, -0.2) is 96.2 Å². The molecule has 3 heterocycles. The second-order valence-electron chi connectivity index (χ2n) is 7.31. The number of aromatic nitrogens is 4. The molecule has 5 atom stereocenters. The van der Waals surface area contributed by atoms with Crippen molar-refractivity contribution in [2.45, 2.75) is 43.4 Å². The zero-order valence-corrected chi connectivity index (χ0v) is 16.4. The van der Waals surface area contributed by atoms with Crippen LogP contribution in [-0.2, 0) is 9.53 Å². The Hall–Kier alpha value is -2.42. The van der Waals surface area contributed by atoms with E-state index in [0.717, 1.165) is 0 Å². The van der Waals surface area contributed by atoms with Crippen LogP contribution in [0.15, 0.2) is 12.7 Å². The standard InChI is InChI=1S/C17H28N8O5/c18-3-5-24(4-1-2-9(19)17(28)29)6-10-12(26)13(27)16(30-10)25-8-23-11-14(20)21-7-22-15(11)25/h7-10,12-13,16,26-27H,1-6,18-19H2,(H,28,29)(H2,20,21,22)/t9-,10+,12+,13+,16?/m0/s1. The molecule has 0 aliphatic carbocycles. The van der Waals surface area contributed by atoms with Gasteiger partial charge in [-0.25, -0.2) is 15.0 Å². The van der Waals surface area contributed by atoms with Gasteiger partial charge in [-0.2, -0.15) is 0 Å². The molecule has 0 radical (unpaired) electrons. The molecule has 2 aromatic rings. The molecule has 0 amide bonds. The fourth-order valence-corrected chi connectivity index (χ4v) is 3.56. The SMILES string of the molecule is NCCN(CCC[C@H](N)C(=O)O)C[C@H]1OC(n2cnc3c(N)ncnc32)[C@H](O)[C@@H]1O. The van der Waals surface area contributed by atoms with Crippen LogP contribution in [0.3, 0.4) is 0 Å². The molecule has 13 nitrogen and oxygen atoms in total. The van der Waals surface area contributed by atoms with Gasteiger partial charge in [0.25, 0.3) is 0 Å². The van der Waals surface area contributed by atoms with E-state index in [9.17, 15) is 15.0 Å². The molecule has 30 heavy (non-hydrogen) atoms. The van der Waals surface area contributed by atoms with E-state index in [1.807, 2.05) is 4.90 Å². The first kappa shape index (κ1) is 22.3. The predicted octanol–water partition coefficient (Wildman–Crippen LogP) is -2.52. The highest BCUT2D eigenvalue weighted by Gasteiger charge is 2.44. The maximum atomic E-state index is 10.9. The number of fused-ring (bicyclic) bond motifs is 1. The topological polar surface area (TPSA) is 212 Å². The second kappa shape index (κ2) is 9.59. The lowest BCUT2D eigenvalue weighted by Gasteiger charge is -2.26. The first-order chi connectivity index (χ1) is 14.3. The van der Waals surface area contributed by atoms with Crippen LogP contribution < -0.4 is 17.2 Å². The minimum absolute atomic E-state index is 0.206. The monoisotopic (exact) mass is 424 g/mol. The molecular weight excluding hydrogens is 396 g/mol. The van der Waals surface area contributed by atoms with Gasteiger partial charge < -0.3 is 37.3 Å². The third kappa shape index (κ3) is 4.66. The number of hydrogen-bond acceptors (Lipinski definition) is 11. The third-order valence-corrected chi connectivity index (χ3v) is 5.19. The number of rotatable bonds is 10. The Bertz CT molecular complexity index is 864. The normalized spacial score (nSPS) is 25.2. The molecule has 0 bridgehead atoms. The number of aliphatic hydroxyl groups is 2. The number of anilines is 1. The van der Waals surface area contributed by atoms with Gasteiger partial charge in [-0.05, 0) is 19.4 Å². The van der Waals surface area contributed by atoms with Crippen molar-refractivity contribution in [3.8, 4) is 0 Å². The number of carboxylic acids is 1. The van der Waals surface area contributed by atoms with Crippen molar-refractivity contribution in [1.29, 1.82) is 0 Å². The number of nitrogens with zero attached hydrogens (tertiary/aromatic N) is 5. The number of aliphatic carboxylic acids is 1. The van der Waals surface area contributed by atoms with Crippen molar-refractivity contribution in [2.75, 3.05) is 31.9 Å². The lowest BCUT2D eigenvalue weighted by molar-refractivity contribution is -0.138. The lowest BCUT2D eigenvalue weighted by Crippen LogP contribution is -2.42. The van der Waals surface area contributed by atoms with Gasteiger partial charge in [-0.15, -0.1) is 0 Å². The van der Waals surface area contributed by atoms with Gasteiger partial charge >= 0.3 is 5.97 Å². The summed E-state index contributed by atoms with van der Waals surface area (Å²) < 4.78 is 7.46. The largest absolute Gasteiger partial charge is 0.480 e. The van der Waals surface area contributed by atoms with E-state index < -0.39 is 36.6 Å². The lowest BCUT2D eigenvalue weighted by atomic mass is 10.1. The Kier molecular flexibility index (Phi) is 7.12. The summed E-state index contributed by atoms with van der Waals surface area (Å²) >= 11 is 0. The Morgan fingerprint density at radius 2 is 2.03 bits per heavy atom. The summed E-state index contributed by atoms with van der Waals surface area (Å²) in [7, 11) is 0. The zero-order chi connectivity index (χ0) is 21.8. The highest BCUT2D eigenvalue weighted by molar-refractivity contribution is 5.81. The fraction of sp³-hybridized carbons (Fsp3) is 0.647. The van der Waals surface area contributed by atoms with E-state index in [1.165, 1.54) is 17.2 Å². The van der Waals surface area contributed by atoms with Gasteiger partial charge in [0.15, 0.2) is 17.7 Å². The summed E-state index contributed by atoms with van der Waals surface area (Å²) in [6, 6.07) is -0.923. The van der Waals surface area contributed by atoms with Crippen LogP contribution >= 0.6 is 0 Å². The molecule has 2 aromatic heterocycles. The Morgan fingerprint density at radius 1 is 1.27 bits per heavy atom.